The molecule has 8 unspecified atom stereocenters. The van der Waals surface area contributed by atoms with Crippen molar-refractivity contribution < 1.29 is 50.0 Å². The second-order valence-corrected chi connectivity index (χ2v) is 20.7. The van der Waals surface area contributed by atoms with Gasteiger partial charge in [0.05, 0.1) is 12.7 Å². The summed E-state index contributed by atoms with van der Waals surface area (Å²) in [7, 11) is 0. The highest BCUT2D eigenvalue weighted by atomic mass is 16.7. The van der Waals surface area contributed by atoms with Gasteiger partial charge in [-0.1, -0.05) is 55.4 Å². The maximum Gasteiger partial charge on any atom is 0.335 e. The number of carboxylic acids is 1. The zero-order valence-electron chi connectivity index (χ0n) is 33.2. The van der Waals surface area contributed by atoms with Crippen LogP contribution >= 0.6 is 0 Å². The van der Waals surface area contributed by atoms with Crippen molar-refractivity contribution in [2.75, 3.05) is 6.61 Å². The van der Waals surface area contributed by atoms with Gasteiger partial charge >= 0.3 is 5.97 Å². The third kappa shape index (κ3) is 6.43. The predicted molar refractivity (Wildman–Crippen MR) is 196 cm³/mol. The lowest BCUT2D eigenvalue weighted by molar-refractivity contribution is -0.299. The molecule has 5 aliphatic carbocycles. The fraction of sp³-hybridized carbons (Fsp3) is 0.976. The van der Waals surface area contributed by atoms with Crippen LogP contribution in [0.25, 0.3) is 0 Å². The van der Waals surface area contributed by atoms with Gasteiger partial charge in [0, 0.05) is 0 Å². The third-order valence-electron chi connectivity index (χ3n) is 17.6. The molecule has 19 atom stereocenters. The number of hydrogen-bond donors (Lipinski definition) is 7. The summed E-state index contributed by atoms with van der Waals surface area (Å²) in [4.78, 5) is 11.4. The molecule has 300 valence electrons. The average Bonchev–Trinajstić information content (AvgIpc) is 3.41. The lowest BCUT2D eigenvalue weighted by atomic mass is 9.31. The Morgan fingerprint density at radius 1 is 0.750 bits per heavy atom. The van der Waals surface area contributed by atoms with Crippen molar-refractivity contribution in [2.45, 2.75) is 181 Å². The van der Waals surface area contributed by atoms with Crippen LogP contribution in [0.1, 0.15) is 132 Å². The van der Waals surface area contributed by atoms with Crippen LogP contribution in [0, 0.1) is 68.5 Å². The van der Waals surface area contributed by atoms with Crippen LogP contribution in [0.15, 0.2) is 0 Å². The summed E-state index contributed by atoms with van der Waals surface area (Å²) in [6, 6.07) is 0. The van der Waals surface area contributed by atoms with Crippen molar-refractivity contribution in [3.05, 3.63) is 0 Å². The maximum absolute atomic E-state index is 11.4. The lowest BCUT2D eigenvalue weighted by Gasteiger charge is -2.73. The molecule has 1 heterocycles. The van der Waals surface area contributed by atoms with Crippen LogP contribution in [-0.4, -0.2) is 97.3 Å². The van der Waals surface area contributed by atoms with E-state index in [-0.39, 0.29) is 0 Å². The van der Waals surface area contributed by atoms with Gasteiger partial charge in [-0.25, -0.2) is 4.79 Å². The van der Waals surface area contributed by atoms with E-state index < -0.39 is 61.6 Å². The summed E-state index contributed by atoms with van der Waals surface area (Å²) in [5.41, 5.74) is 1.82. The van der Waals surface area contributed by atoms with Crippen LogP contribution in [0.3, 0.4) is 0 Å². The van der Waals surface area contributed by atoms with Crippen LogP contribution < -0.4 is 0 Å². The zero-order valence-corrected chi connectivity index (χ0v) is 33.2. The lowest BCUT2D eigenvalue weighted by Crippen LogP contribution is -2.66. The van der Waals surface area contributed by atoms with E-state index in [2.05, 4.69) is 55.4 Å². The molecule has 1 aliphatic heterocycles. The standard InChI is InChI=1S/C42H72O10/c1-22-19-38(3,4)28-15-18-42(8)30(40(28,6)20-22)12-11-29-39(5)16-13-24(25(39)14-17-41(29,42)7)23(2)9-10-26(43)31(45)27(44)21-51-37-34(48)32(46)33(47)35(52-37)36(49)50/h22-35,37,43-48H,9-21H2,1-8H3,(H,49,50)/t22-,23+,24?,25?,26?,27?,28?,29?,30?,31?,32-,33+,34+,35+,37+,39+,40+,41-,42-/m1/s1. The SMILES string of the molecule is C[C@@H]1CC(C)(C)C2CC[C@]3(C)C(CCC4[C@@]5(C)CCC([C@@H](C)CCC(O)C(O)C(O)CO[C@H]6O[C@H](C(=O)O)[C@@H](O)[C@@H](O)[C@@H]6O)C5CC[C@]43C)[C@@]2(C)C1. The predicted octanol–water partition coefficient (Wildman–Crippen LogP) is 5.13. The van der Waals surface area contributed by atoms with Crippen molar-refractivity contribution in [3.8, 4) is 0 Å². The van der Waals surface area contributed by atoms with Gasteiger partial charge in [-0.3, -0.25) is 0 Å². The van der Waals surface area contributed by atoms with Gasteiger partial charge in [-0.2, -0.15) is 0 Å². The van der Waals surface area contributed by atoms with E-state index in [1.165, 1.54) is 64.2 Å². The number of aliphatic hydroxyl groups is 6. The van der Waals surface area contributed by atoms with Gasteiger partial charge in [0.15, 0.2) is 12.4 Å². The Balaban J connectivity index is 1.05. The minimum absolute atomic E-state index is 0.303. The monoisotopic (exact) mass is 737 g/mol. The average molecular weight is 737 g/mol. The molecule has 0 aromatic rings. The van der Waals surface area contributed by atoms with Crippen LogP contribution in [-0.2, 0) is 14.3 Å². The molecular formula is C42H72O10. The molecule has 5 saturated carbocycles. The van der Waals surface area contributed by atoms with Gasteiger partial charge in [0.2, 0.25) is 0 Å². The highest BCUT2D eigenvalue weighted by Gasteiger charge is 2.70. The molecule has 6 aliphatic rings. The molecule has 0 aromatic heterocycles. The molecule has 10 heteroatoms. The number of aliphatic hydroxyl groups excluding tert-OH is 6. The zero-order chi connectivity index (χ0) is 38.3. The summed E-state index contributed by atoms with van der Waals surface area (Å²) in [6.07, 6.45) is 0.972. The second kappa shape index (κ2) is 14.3. The van der Waals surface area contributed by atoms with E-state index in [9.17, 15) is 40.5 Å². The Morgan fingerprint density at radius 3 is 2.00 bits per heavy atom. The van der Waals surface area contributed by atoms with Crippen molar-refractivity contribution >= 4 is 5.97 Å². The molecule has 52 heavy (non-hydrogen) atoms. The molecule has 6 rings (SSSR count). The Kier molecular flexibility index (Phi) is 11.2. The minimum Gasteiger partial charge on any atom is -0.479 e. The topological polar surface area (TPSA) is 177 Å². The molecule has 0 bridgehead atoms. The molecule has 6 fully saturated rings. The number of hydrogen-bond acceptors (Lipinski definition) is 9. The molecule has 10 nitrogen and oxygen atoms in total. The number of carbonyl (C=O) groups is 1. The Morgan fingerprint density at radius 2 is 1.37 bits per heavy atom. The fourth-order valence-corrected chi connectivity index (χ4v) is 15.3. The van der Waals surface area contributed by atoms with Gasteiger partial charge in [0.1, 0.15) is 30.5 Å². The fourth-order valence-electron chi connectivity index (χ4n) is 15.3. The van der Waals surface area contributed by atoms with E-state index in [0.717, 1.165) is 23.7 Å². The minimum atomic E-state index is -1.86. The van der Waals surface area contributed by atoms with Crippen molar-refractivity contribution in [2.24, 2.45) is 68.5 Å². The first-order chi connectivity index (χ1) is 24.1. The number of carboxylic acid groups (broad SMARTS) is 1. The summed E-state index contributed by atoms with van der Waals surface area (Å²) in [5, 5.41) is 71.7. The van der Waals surface area contributed by atoms with Gasteiger partial charge in [-0.05, 0) is 146 Å². The maximum atomic E-state index is 11.4. The summed E-state index contributed by atoms with van der Waals surface area (Å²) in [6.45, 7) is 20.1. The molecule has 0 aromatic carbocycles. The smallest absolute Gasteiger partial charge is 0.335 e. The van der Waals surface area contributed by atoms with Crippen molar-refractivity contribution in [1.29, 1.82) is 0 Å². The van der Waals surface area contributed by atoms with Gasteiger partial charge in [-0.15, -0.1) is 0 Å². The largest absolute Gasteiger partial charge is 0.479 e. The van der Waals surface area contributed by atoms with Crippen molar-refractivity contribution in [3.63, 3.8) is 0 Å². The van der Waals surface area contributed by atoms with E-state index in [0.29, 0.717) is 57.7 Å². The number of ether oxygens (including phenoxy) is 2. The van der Waals surface area contributed by atoms with E-state index in [1.54, 1.807) is 0 Å². The molecule has 0 amide bonds. The normalized spacial score (nSPS) is 50.8. The molecule has 0 spiro atoms. The van der Waals surface area contributed by atoms with E-state index in [1.807, 2.05) is 0 Å². The summed E-state index contributed by atoms with van der Waals surface area (Å²) >= 11 is 0. The number of fused-ring (bicyclic) bond motifs is 7. The van der Waals surface area contributed by atoms with Crippen LogP contribution in [0.4, 0.5) is 0 Å². The Bertz CT molecular complexity index is 1290. The summed E-state index contributed by atoms with van der Waals surface area (Å²) < 4.78 is 10.4. The first kappa shape index (κ1) is 40.8. The Labute approximate surface area is 312 Å². The second-order valence-electron chi connectivity index (χ2n) is 20.7. The first-order valence-electron chi connectivity index (χ1n) is 20.7. The first-order valence-corrected chi connectivity index (χ1v) is 20.7. The molecule has 7 N–H and O–H groups in total. The summed E-state index contributed by atoms with van der Waals surface area (Å²) in [5.74, 6) is 3.12. The van der Waals surface area contributed by atoms with Gasteiger partial charge in [0.25, 0.3) is 0 Å². The van der Waals surface area contributed by atoms with E-state index >= 15 is 0 Å². The number of rotatable bonds is 10. The molecule has 1 saturated heterocycles. The quantitative estimate of drug-likeness (QED) is 0.159. The molecule has 0 radical (unpaired) electrons. The highest BCUT2D eigenvalue weighted by Crippen LogP contribution is 2.78. The van der Waals surface area contributed by atoms with E-state index in [4.69, 9.17) is 9.47 Å². The Hall–Kier alpha value is -0.850. The number of aliphatic carboxylic acids is 1. The third-order valence-corrected chi connectivity index (χ3v) is 17.6. The highest BCUT2D eigenvalue weighted by molar-refractivity contribution is 5.73. The molecular weight excluding hydrogens is 664 g/mol. The van der Waals surface area contributed by atoms with Crippen LogP contribution in [0.2, 0.25) is 0 Å². The van der Waals surface area contributed by atoms with Crippen molar-refractivity contribution in [1.82, 2.24) is 0 Å². The van der Waals surface area contributed by atoms with Gasteiger partial charge < -0.3 is 45.2 Å². The van der Waals surface area contributed by atoms with Crippen LogP contribution in [0.5, 0.6) is 0 Å².